The van der Waals surface area contributed by atoms with Crippen LogP contribution in [-0.4, -0.2) is 38.0 Å². The average molecular weight is 381 g/mol. The van der Waals surface area contributed by atoms with Gasteiger partial charge >= 0.3 is 5.97 Å². The number of aromatic nitrogens is 3. The summed E-state index contributed by atoms with van der Waals surface area (Å²) in [6, 6.07) is 4.39. The Bertz CT molecular complexity index is 798. The van der Waals surface area contributed by atoms with Crippen LogP contribution in [0.3, 0.4) is 0 Å². The molecule has 0 spiro atoms. The van der Waals surface area contributed by atoms with Gasteiger partial charge in [-0.2, -0.15) is 0 Å². The van der Waals surface area contributed by atoms with Gasteiger partial charge in [-0.3, -0.25) is 4.79 Å². The van der Waals surface area contributed by atoms with Crippen LogP contribution >= 0.6 is 11.6 Å². The summed E-state index contributed by atoms with van der Waals surface area (Å²) < 4.78 is 15.3. The fourth-order valence-electron chi connectivity index (χ4n) is 3.18. The fourth-order valence-corrected chi connectivity index (χ4v) is 3.41. The molecule has 1 amide bonds. The topological polar surface area (TPSA) is 97.1 Å². The maximum absolute atomic E-state index is 13.8. The lowest BCUT2D eigenvalue weighted by atomic mass is 9.91. The Kier molecular flexibility index (Phi) is 5.51. The zero-order chi connectivity index (χ0) is 18.7. The van der Waals surface area contributed by atoms with Crippen molar-refractivity contribution < 1.29 is 19.1 Å². The molecule has 1 aliphatic carbocycles. The molecule has 0 saturated heterocycles. The minimum absolute atomic E-state index is 0.00763. The molecule has 1 aromatic heterocycles. The summed E-state index contributed by atoms with van der Waals surface area (Å²) >= 11 is 5.95. The number of hydrogen-bond acceptors (Lipinski definition) is 4. The van der Waals surface area contributed by atoms with Crippen molar-refractivity contribution >= 4 is 23.5 Å². The van der Waals surface area contributed by atoms with E-state index in [4.69, 9.17) is 16.7 Å². The van der Waals surface area contributed by atoms with Gasteiger partial charge in [-0.15, -0.1) is 5.10 Å². The van der Waals surface area contributed by atoms with Crippen molar-refractivity contribution in [2.24, 2.45) is 0 Å². The van der Waals surface area contributed by atoms with Crippen LogP contribution in [0.5, 0.6) is 0 Å². The maximum Gasteiger partial charge on any atom is 0.358 e. The minimum Gasteiger partial charge on any atom is -0.476 e. The van der Waals surface area contributed by atoms with Crippen LogP contribution in [0.4, 0.5) is 4.39 Å². The van der Waals surface area contributed by atoms with Crippen molar-refractivity contribution in [1.29, 1.82) is 0 Å². The molecule has 1 aliphatic rings. The second kappa shape index (κ2) is 7.82. The van der Waals surface area contributed by atoms with E-state index in [1.54, 1.807) is 10.7 Å². The van der Waals surface area contributed by atoms with E-state index >= 15 is 0 Å². The standard InChI is InChI=1S/C17H18ClFN4O3/c18-13-2-1-3-14(19)12(13)8-16(24)20-10-4-6-11(7-5-10)23-9-15(17(25)26)21-22-23/h1-3,9-11H,4-8H2,(H,20,24)(H,25,26). The van der Waals surface area contributed by atoms with Crippen LogP contribution < -0.4 is 5.32 Å². The molecule has 0 unspecified atom stereocenters. The molecule has 7 nitrogen and oxygen atoms in total. The van der Waals surface area contributed by atoms with E-state index in [-0.39, 0.29) is 40.7 Å². The van der Waals surface area contributed by atoms with E-state index in [2.05, 4.69) is 15.6 Å². The number of rotatable bonds is 5. The van der Waals surface area contributed by atoms with Crippen LogP contribution in [0.25, 0.3) is 0 Å². The lowest BCUT2D eigenvalue weighted by Gasteiger charge is -2.29. The predicted molar refractivity (Wildman–Crippen MR) is 91.5 cm³/mol. The number of halogens is 2. The lowest BCUT2D eigenvalue weighted by Crippen LogP contribution is -2.39. The van der Waals surface area contributed by atoms with Gasteiger partial charge in [-0.1, -0.05) is 22.9 Å². The van der Waals surface area contributed by atoms with Crippen LogP contribution in [-0.2, 0) is 11.2 Å². The van der Waals surface area contributed by atoms with Gasteiger partial charge in [0.25, 0.3) is 0 Å². The highest BCUT2D eigenvalue weighted by atomic mass is 35.5. The molecule has 1 saturated carbocycles. The number of hydrogen-bond donors (Lipinski definition) is 2. The van der Waals surface area contributed by atoms with E-state index < -0.39 is 11.8 Å². The van der Waals surface area contributed by atoms with Gasteiger partial charge in [0.2, 0.25) is 5.91 Å². The van der Waals surface area contributed by atoms with Gasteiger partial charge in [0.1, 0.15) is 5.82 Å². The largest absolute Gasteiger partial charge is 0.476 e. The first-order chi connectivity index (χ1) is 12.4. The summed E-state index contributed by atoms with van der Waals surface area (Å²) in [4.78, 5) is 23.1. The first-order valence-corrected chi connectivity index (χ1v) is 8.69. The van der Waals surface area contributed by atoms with E-state index in [9.17, 15) is 14.0 Å². The molecule has 0 radical (unpaired) electrons. The molecule has 2 aromatic rings. The summed E-state index contributed by atoms with van der Waals surface area (Å²) in [5, 5.41) is 19.5. The SMILES string of the molecule is O=C(Cc1c(F)cccc1Cl)NC1CCC(n2cc(C(=O)O)nn2)CC1. The molecular weight excluding hydrogens is 363 g/mol. The molecule has 0 bridgehead atoms. The quantitative estimate of drug-likeness (QED) is 0.831. The Morgan fingerprint density at radius 1 is 1.31 bits per heavy atom. The number of carboxylic acid groups (broad SMARTS) is 1. The Morgan fingerprint density at radius 2 is 2.04 bits per heavy atom. The van der Waals surface area contributed by atoms with Crippen LogP contribution in [0.15, 0.2) is 24.4 Å². The Hall–Kier alpha value is -2.48. The molecule has 1 heterocycles. The number of aromatic carboxylic acids is 1. The molecule has 138 valence electrons. The van der Waals surface area contributed by atoms with Gasteiger partial charge in [-0.25, -0.2) is 13.9 Å². The summed E-state index contributed by atoms with van der Waals surface area (Å²) in [5.41, 5.74) is 0.117. The summed E-state index contributed by atoms with van der Waals surface area (Å²) in [6.07, 6.45) is 4.26. The van der Waals surface area contributed by atoms with Crippen LogP contribution in [0, 0.1) is 5.82 Å². The van der Waals surface area contributed by atoms with Gasteiger partial charge in [0, 0.05) is 16.6 Å². The number of benzene rings is 1. The van der Waals surface area contributed by atoms with E-state index in [0.717, 1.165) is 25.7 Å². The second-order valence-electron chi connectivity index (χ2n) is 6.34. The molecule has 1 aromatic carbocycles. The molecule has 2 N–H and O–H groups in total. The number of nitrogens with one attached hydrogen (secondary N) is 1. The summed E-state index contributed by atoms with van der Waals surface area (Å²) in [5.74, 6) is -1.87. The van der Waals surface area contributed by atoms with E-state index in [0.29, 0.717) is 0 Å². The zero-order valence-electron chi connectivity index (χ0n) is 13.9. The van der Waals surface area contributed by atoms with Crippen molar-refractivity contribution in [2.75, 3.05) is 0 Å². The third kappa shape index (κ3) is 4.19. The highest BCUT2D eigenvalue weighted by Gasteiger charge is 2.25. The fraction of sp³-hybridized carbons (Fsp3) is 0.412. The van der Waals surface area contributed by atoms with Crippen LogP contribution in [0.2, 0.25) is 5.02 Å². The summed E-state index contributed by atoms with van der Waals surface area (Å²) in [7, 11) is 0. The first kappa shape index (κ1) is 18.3. The Morgan fingerprint density at radius 3 is 2.65 bits per heavy atom. The summed E-state index contributed by atoms with van der Waals surface area (Å²) in [6.45, 7) is 0. The maximum atomic E-state index is 13.8. The lowest BCUT2D eigenvalue weighted by molar-refractivity contribution is -0.121. The third-order valence-electron chi connectivity index (χ3n) is 4.56. The van der Waals surface area contributed by atoms with Crippen molar-refractivity contribution in [3.63, 3.8) is 0 Å². The highest BCUT2D eigenvalue weighted by molar-refractivity contribution is 6.31. The average Bonchev–Trinajstić information content (AvgIpc) is 3.09. The van der Waals surface area contributed by atoms with Gasteiger partial charge in [-0.05, 0) is 37.8 Å². The number of carboxylic acids is 1. The normalized spacial score (nSPS) is 19.9. The van der Waals surface area contributed by atoms with Crippen molar-refractivity contribution in [1.82, 2.24) is 20.3 Å². The number of carbonyl (C=O) groups excluding carboxylic acids is 1. The minimum atomic E-state index is -1.11. The first-order valence-electron chi connectivity index (χ1n) is 8.31. The second-order valence-corrected chi connectivity index (χ2v) is 6.75. The molecule has 0 aliphatic heterocycles. The van der Waals surface area contributed by atoms with Crippen molar-refractivity contribution in [3.05, 3.63) is 46.5 Å². The molecule has 26 heavy (non-hydrogen) atoms. The third-order valence-corrected chi connectivity index (χ3v) is 4.92. The van der Waals surface area contributed by atoms with Gasteiger partial charge < -0.3 is 10.4 Å². The highest BCUT2D eigenvalue weighted by Crippen LogP contribution is 2.28. The van der Waals surface area contributed by atoms with E-state index in [1.165, 1.54) is 18.3 Å². The van der Waals surface area contributed by atoms with Gasteiger partial charge in [0.15, 0.2) is 5.69 Å². The number of nitrogens with zero attached hydrogens (tertiary/aromatic N) is 3. The Balaban J connectivity index is 1.52. The molecule has 3 rings (SSSR count). The number of amides is 1. The molecular formula is C17H18ClFN4O3. The predicted octanol–water partition coefficient (Wildman–Crippen LogP) is 2.61. The van der Waals surface area contributed by atoms with Crippen molar-refractivity contribution in [2.45, 2.75) is 44.2 Å². The molecule has 9 heteroatoms. The molecule has 1 fully saturated rings. The van der Waals surface area contributed by atoms with Crippen molar-refractivity contribution in [3.8, 4) is 0 Å². The van der Waals surface area contributed by atoms with Gasteiger partial charge in [0.05, 0.1) is 18.7 Å². The monoisotopic (exact) mass is 380 g/mol. The van der Waals surface area contributed by atoms with Crippen LogP contribution in [0.1, 0.15) is 47.8 Å². The smallest absolute Gasteiger partial charge is 0.358 e. The molecule has 0 atom stereocenters. The number of carbonyl (C=O) groups is 2. The Labute approximate surface area is 154 Å². The van der Waals surface area contributed by atoms with E-state index in [1.807, 2.05) is 0 Å². The zero-order valence-corrected chi connectivity index (χ0v) is 14.6.